The lowest BCUT2D eigenvalue weighted by Crippen LogP contribution is -2.21. The SMILES string of the molecule is CCCCCCCCC/C=C\CCCCCCC[C@@H]1OC(C)(C)O[C@H]1/C=C/C(=O)OCC. The minimum absolute atomic E-state index is 0.00487. The summed E-state index contributed by atoms with van der Waals surface area (Å²) in [5.74, 6) is -0.925. The Hall–Kier alpha value is -1.13. The third kappa shape index (κ3) is 14.8. The van der Waals surface area contributed by atoms with E-state index in [4.69, 9.17) is 14.2 Å². The van der Waals surface area contributed by atoms with E-state index < -0.39 is 5.79 Å². The first-order valence-electron chi connectivity index (χ1n) is 13.3. The van der Waals surface area contributed by atoms with Crippen LogP contribution in [0.4, 0.5) is 0 Å². The van der Waals surface area contributed by atoms with Crippen molar-refractivity contribution in [1.29, 1.82) is 0 Å². The average Bonchev–Trinajstić information content (AvgIpc) is 3.05. The van der Waals surface area contributed by atoms with E-state index >= 15 is 0 Å². The molecule has 1 heterocycles. The highest BCUT2D eigenvalue weighted by Crippen LogP contribution is 2.31. The van der Waals surface area contributed by atoms with Gasteiger partial charge >= 0.3 is 5.97 Å². The molecule has 0 aromatic rings. The molecule has 32 heavy (non-hydrogen) atoms. The van der Waals surface area contributed by atoms with Crippen LogP contribution in [-0.4, -0.2) is 30.6 Å². The average molecular weight is 451 g/mol. The summed E-state index contributed by atoms with van der Waals surface area (Å²) in [5, 5.41) is 0. The molecule has 0 aromatic heterocycles. The predicted molar refractivity (Wildman–Crippen MR) is 134 cm³/mol. The largest absolute Gasteiger partial charge is 0.463 e. The van der Waals surface area contributed by atoms with E-state index in [2.05, 4.69) is 19.1 Å². The fourth-order valence-electron chi connectivity index (χ4n) is 4.21. The van der Waals surface area contributed by atoms with Crippen molar-refractivity contribution in [3.63, 3.8) is 0 Å². The van der Waals surface area contributed by atoms with Gasteiger partial charge in [0.2, 0.25) is 0 Å². The Morgan fingerprint density at radius 2 is 1.38 bits per heavy atom. The molecule has 2 atom stereocenters. The monoisotopic (exact) mass is 450 g/mol. The normalized spacial score (nSPS) is 20.5. The fourth-order valence-corrected chi connectivity index (χ4v) is 4.21. The van der Waals surface area contributed by atoms with Gasteiger partial charge in [0.25, 0.3) is 0 Å². The molecule has 0 amide bonds. The van der Waals surface area contributed by atoms with Crippen LogP contribution in [0.3, 0.4) is 0 Å². The quantitative estimate of drug-likeness (QED) is 0.0864. The van der Waals surface area contributed by atoms with Crippen molar-refractivity contribution in [1.82, 2.24) is 0 Å². The van der Waals surface area contributed by atoms with Crippen molar-refractivity contribution < 1.29 is 19.0 Å². The van der Waals surface area contributed by atoms with Gasteiger partial charge in [-0.15, -0.1) is 0 Å². The molecule has 0 aliphatic carbocycles. The predicted octanol–water partition coefficient (Wildman–Crippen LogP) is 8.05. The maximum atomic E-state index is 11.6. The van der Waals surface area contributed by atoms with E-state index in [-0.39, 0.29) is 18.2 Å². The number of carbonyl (C=O) groups excluding carboxylic acids is 1. The van der Waals surface area contributed by atoms with Crippen molar-refractivity contribution >= 4 is 5.97 Å². The van der Waals surface area contributed by atoms with Crippen molar-refractivity contribution in [3.05, 3.63) is 24.3 Å². The molecule has 0 bridgehead atoms. The number of ether oxygens (including phenoxy) is 3. The van der Waals surface area contributed by atoms with Gasteiger partial charge in [-0.3, -0.25) is 0 Å². The number of allylic oxidation sites excluding steroid dienone is 2. The molecular formula is C28H50O4. The Morgan fingerprint density at radius 1 is 0.812 bits per heavy atom. The Balaban J connectivity index is 2.04. The molecule has 0 aromatic carbocycles. The molecule has 1 aliphatic heterocycles. The fraction of sp³-hybridized carbons (Fsp3) is 0.821. The number of hydrogen-bond acceptors (Lipinski definition) is 4. The van der Waals surface area contributed by atoms with Crippen molar-refractivity contribution in [3.8, 4) is 0 Å². The Kier molecular flexibility index (Phi) is 16.5. The number of carbonyl (C=O) groups is 1. The smallest absolute Gasteiger partial charge is 0.330 e. The van der Waals surface area contributed by atoms with Crippen LogP contribution in [0.5, 0.6) is 0 Å². The summed E-state index contributed by atoms with van der Waals surface area (Å²) >= 11 is 0. The Labute approximate surface area is 198 Å². The zero-order chi connectivity index (χ0) is 23.5. The first-order valence-corrected chi connectivity index (χ1v) is 13.3. The highest BCUT2D eigenvalue weighted by molar-refractivity contribution is 5.81. The first kappa shape index (κ1) is 28.9. The molecule has 0 saturated carbocycles. The molecule has 1 aliphatic rings. The van der Waals surface area contributed by atoms with E-state index in [1.807, 2.05) is 13.8 Å². The van der Waals surface area contributed by atoms with Crippen LogP contribution >= 0.6 is 0 Å². The van der Waals surface area contributed by atoms with Crippen molar-refractivity contribution in [2.24, 2.45) is 0 Å². The van der Waals surface area contributed by atoms with Crippen LogP contribution in [-0.2, 0) is 19.0 Å². The van der Waals surface area contributed by atoms with Crippen LogP contribution < -0.4 is 0 Å². The molecule has 0 radical (unpaired) electrons. The molecule has 0 unspecified atom stereocenters. The zero-order valence-electron chi connectivity index (χ0n) is 21.4. The number of hydrogen-bond donors (Lipinski definition) is 0. The van der Waals surface area contributed by atoms with Gasteiger partial charge in [0, 0.05) is 6.08 Å². The van der Waals surface area contributed by atoms with Gasteiger partial charge in [0.05, 0.1) is 12.7 Å². The second-order valence-corrected chi connectivity index (χ2v) is 9.48. The Morgan fingerprint density at radius 3 is 1.97 bits per heavy atom. The summed E-state index contributed by atoms with van der Waals surface area (Å²) in [5.41, 5.74) is 0. The first-order chi connectivity index (χ1) is 15.5. The van der Waals surface area contributed by atoms with Gasteiger partial charge in [0.15, 0.2) is 5.79 Å². The highest BCUT2D eigenvalue weighted by Gasteiger charge is 2.39. The lowest BCUT2D eigenvalue weighted by Gasteiger charge is -2.16. The van der Waals surface area contributed by atoms with E-state index in [1.165, 1.54) is 89.5 Å². The standard InChI is InChI=1S/C28H50O4/c1-5-7-8-9-10-11-12-13-14-15-16-17-18-19-20-21-22-25-26(32-28(3,4)31-25)23-24-27(29)30-6-2/h14-15,23-26H,5-13,16-22H2,1-4H3/b15-14-,24-23+/t25-,26-/m0/s1. The summed E-state index contributed by atoms with van der Waals surface area (Å²) in [6, 6.07) is 0. The second-order valence-electron chi connectivity index (χ2n) is 9.48. The van der Waals surface area contributed by atoms with Crippen LogP contribution in [0, 0.1) is 0 Å². The number of unbranched alkanes of at least 4 members (excludes halogenated alkanes) is 12. The van der Waals surface area contributed by atoms with E-state index in [9.17, 15) is 4.79 Å². The minimum atomic E-state index is -0.601. The van der Waals surface area contributed by atoms with Gasteiger partial charge in [-0.05, 0) is 59.0 Å². The van der Waals surface area contributed by atoms with Gasteiger partial charge in [-0.1, -0.05) is 83.3 Å². The van der Waals surface area contributed by atoms with E-state index in [1.54, 1.807) is 13.0 Å². The van der Waals surface area contributed by atoms with E-state index in [0.717, 1.165) is 12.8 Å². The van der Waals surface area contributed by atoms with Crippen LogP contribution in [0.15, 0.2) is 24.3 Å². The zero-order valence-corrected chi connectivity index (χ0v) is 21.4. The van der Waals surface area contributed by atoms with Crippen molar-refractivity contribution in [2.45, 2.75) is 142 Å². The lowest BCUT2D eigenvalue weighted by atomic mass is 10.0. The molecule has 0 N–H and O–H groups in total. The molecular weight excluding hydrogens is 400 g/mol. The summed E-state index contributed by atoms with van der Waals surface area (Å²) < 4.78 is 16.9. The number of rotatable bonds is 19. The van der Waals surface area contributed by atoms with E-state index in [0.29, 0.717) is 6.61 Å². The van der Waals surface area contributed by atoms with Gasteiger partial charge in [0.1, 0.15) is 6.10 Å². The van der Waals surface area contributed by atoms with Gasteiger partial charge < -0.3 is 14.2 Å². The molecule has 1 rings (SSSR count). The summed E-state index contributed by atoms with van der Waals surface area (Å²) in [6.07, 6.45) is 27.2. The molecule has 0 spiro atoms. The summed E-state index contributed by atoms with van der Waals surface area (Å²) in [4.78, 5) is 11.6. The minimum Gasteiger partial charge on any atom is -0.463 e. The highest BCUT2D eigenvalue weighted by atomic mass is 16.7. The topological polar surface area (TPSA) is 44.8 Å². The molecule has 186 valence electrons. The van der Waals surface area contributed by atoms with Crippen LogP contribution in [0.25, 0.3) is 0 Å². The molecule has 4 nitrogen and oxygen atoms in total. The lowest BCUT2D eigenvalue weighted by molar-refractivity contribution is -0.144. The van der Waals surface area contributed by atoms with Crippen LogP contribution in [0.1, 0.15) is 124 Å². The summed E-state index contributed by atoms with van der Waals surface area (Å²) in [7, 11) is 0. The Bertz CT molecular complexity index is 524. The van der Waals surface area contributed by atoms with Gasteiger partial charge in [-0.25, -0.2) is 4.79 Å². The van der Waals surface area contributed by atoms with Crippen LogP contribution in [0.2, 0.25) is 0 Å². The maximum Gasteiger partial charge on any atom is 0.330 e. The molecule has 1 fully saturated rings. The number of esters is 1. The second kappa shape index (κ2) is 18.3. The molecule has 4 heteroatoms. The molecule has 1 saturated heterocycles. The third-order valence-corrected chi connectivity index (χ3v) is 5.93. The summed E-state index contributed by atoms with van der Waals surface area (Å²) in [6.45, 7) is 8.32. The van der Waals surface area contributed by atoms with Crippen molar-refractivity contribution in [2.75, 3.05) is 6.61 Å². The third-order valence-electron chi connectivity index (χ3n) is 5.93. The van der Waals surface area contributed by atoms with Gasteiger partial charge in [-0.2, -0.15) is 0 Å². The maximum absolute atomic E-state index is 11.6.